The van der Waals surface area contributed by atoms with Crippen LogP contribution in [0.5, 0.6) is 0 Å². The van der Waals surface area contributed by atoms with Gasteiger partial charge in [0.05, 0.1) is 5.69 Å². The van der Waals surface area contributed by atoms with Crippen LogP contribution in [0.2, 0.25) is 0 Å². The monoisotopic (exact) mass is 184 g/mol. The number of hydrogen-bond acceptors (Lipinski definition) is 4. The van der Waals surface area contributed by atoms with Crippen molar-refractivity contribution in [2.24, 2.45) is 0 Å². The average molecular weight is 184 g/mol. The number of oxazole rings is 1. The molecule has 4 heteroatoms. The first-order valence-electron chi connectivity index (χ1n) is 4.37. The van der Waals surface area contributed by atoms with Gasteiger partial charge in [-0.1, -0.05) is 13.8 Å². The fourth-order valence-electron chi connectivity index (χ4n) is 0.987. The Hall–Kier alpha value is -0.870. The molecule has 13 heavy (non-hydrogen) atoms. The van der Waals surface area contributed by atoms with Gasteiger partial charge in [0, 0.05) is 19.7 Å². The Labute approximate surface area is 78.3 Å². The molecule has 1 N–H and O–H groups in total. The Morgan fingerprint density at radius 1 is 1.62 bits per heavy atom. The van der Waals surface area contributed by atoms with E-state index in [1.165, 1.54) is 6.39 Å². The molecule has 1 aromatic rings. The summed E-state index contributed by atoms with van der Waals surface area (Å²) in [5.74, 6) is 0.802. The maximum absolute atomic E-state index is 5.16. The van der Waals surface area contributed by atoms with Gasteiger partial charge in [-0.25, -0.2) is 4.98 Å². The van der Waals surface area contributed by atoms with E-state index in [4.69, 9.17) is 9.15 Å². The zero-order chi connectivity index (χ0) is 9.68. The van der Waals surface area contributed by atoms with Gasteiger partial charge in [-0.2, -0.15) is 0 Å². The van der Waals surface area contributed by atoms with Crippen molar-refractivity contribution in [3.8, 4) is 0 Å². The van der Waals surface area contributed by atoms with Crippen molar-refractivity contribution in [2.45, 2.75) is 33.0 Å². The molecule has 1 rings (SSSR count). The summed E-state index contributed by atoms with van der Waals surface area (Å²) in [5, 5.41) is 3.27. The van der Waals surface area contributed by atoms with Gasteiger partial charge in [-0.15, -0.1) is 0 Å². The van der Waals surface area contributed by atoms with E-state index in [1.807, 2.05) is 0 Å². The Morgan fingerprint density at radius 3 is 3.00 bits per heavy atom. The molecule has 4 nitrogen and oxygen atoms in total. The molecule has 0 aliphatic heterocycles. The minimum absolute atomic E-state index is 0.451. The fraction of sp³-hybridized carbons (Fsp3) is 0.667. The number of nitrogens with one attached hydrogen (secondary N) is 1. The highest BCUT2D eigenvalue weighted by Gasteiger charge is 2.07. The summed E-state index contributed by atoms with van der Waals surface area (Å²) < 4.78 is 10.1. The molecule has 74 valence electrons. The molecule has 0 aliphatic rings. The SMILES string of the molecule is COCc1ocnc1CNC(C)C. The van der Waals surface area contributed by atoms with E-state index >= 15 is 0 Å². The lowest BCUT2D eigenvalue weighted by Crippen LogP contribution is -2.22. The predicted molar refractivity (Wildman–Crippen MR) is 49.2 cm³/mol. The van der Waals surface area contributed by atoms with Crippen LogP contribution in [0.15, 0.2) is 10.8 Å². The summed E-state index contributed by atoms with van der Waals surface area (Å²) in [4.78, 5) is 4.10. The maximum Gasteiger partial charge on any atom is 0.181 e. The van der Waals surface area contributed by atoms with Gasteiger partial charge in [0.25, 0.3) is 0 Å². The number of ether oxygens (including phenoxy) is 1. The second-order valence-electron chi connectivity index (χ2n) is 3.19. The van der Waals surface area contributed by atoms with E-state index < -0.39 is 0 Å². The van der Waals surface area contributed by atoms with Crippen molar-refractivity contribution in [3.05, 3.63) is 17.8 Å². The molecule has 0 saturated heterocycles. The van der Waals surface area contributed by atoms with E-state index in [-0.39, 0.29) is 0 Å². The molecule has 0 aromatic carbocycles. The standard InChI is InChI=1S/C9H16N2O2/c1-7(2)10-4-8-9(5-12-3)13-6-11-8/h6-7,10H,4-5H2,1-3H3. The first-order chi connectivity index (χ1) is 6.24. The van der Waals surface area contributed by atoms with Crippen LogP contribution in [0.25, 0.3) is 0 Å². The molecule has 0 radical (unpaired) electrons. The summed E-state index contributed by atoms with van der Waals surface area (Å²) in [6.07, 6.45) is 1.45. The molecule has 0 saturated carbocycles. The van der Waals surface area contributed by atoms with Crippen LogP contribution in [-0.2, 0) is 17.9 Å². The van der Waals surface area contributed by atoms with Gasteiger partial charge in [0.15, 0.2) is 12.2 Å². The lowest BCUT2D eigenvalue weighted by Gasteiger charge is -2.06. The van der Waals surface area contributed by atoms with E-state index in [0.717, 1.165) is 18.0 Å². The van der Waals surface area contributed by atoms with Crippen LogP contribution in [0, 0.1) is 0 Å². The van der Waals surface area contributed by atoms with Crippen LogP contribution in [0.1, 0.15) is 25.3 Å². The Balaban J connectivity index is 2.49. The molecule has 0 bridgehead atoms. The fourth-order valence-corrected chi connectivity index (χ4v) is 0.987. The highest BCUT2D eigenvalue weighted by atomic mass is 16.5. The first-order valence-corrected chi connectivity index (χ1v) is 4.37. The van der Waals surface area contributed by atoms with Crippen LogP contribution in [0.4, 0.5) is 0 Å². The molecular weight excluding hydrogens is 168 g/mol. The Kier molecular flexibility index (Phi) is 3.92. The topological polar surface area (TPSA) is 47.3 Å². The van der Waals surface area contributed by atoms with Gasteiger partial charge >= 0.3 is 0 Å². The number of methoxy groups -OCH3 is 1. The Morgan fingerprint density at radius 2 is 2.38 bits per heavy atom. The van der Waals surface area contributed by atoms with Crippen molar-refractivity contribution in [2.75, 3.05) is 7.11 Å². The molecule has 1 aromatic heterocycles. The zero-order valence-electron chi connectivity index (χ0n) is 8.33. The van der Waals surface area contributed by atoms with Gasteiger partial charge < -0.3 is 14.5 Å². The third kappa shape index (κ3) is 3.16. The molecule has 0 fully saturated rings. The van der Waals surface area contributed by atoms with Crippen LogP contribution < -0.4 is 5.32 Å². The van der Waals surface area contributed by atoms with Crippen molar-refractivity contribution >= 4 is 0 Å². The summed E-state index contributed by atoms with van der Waals surface area (Å²) in [5.41, 5.74) is 0.926. The lowest BCUT2D eigenvalue weighted by molar-refractivity contribution is 0.163. The highest BCUT2D eigenvalue weighted by molar-refractivity contribution is 5.05. The minimum Gasteiger partial charge on any atom is -0.446 e. The highest BCUT2D eigenvalue weighted by Crippen LogP contribution is 2.07. The summed E-state index contributed by atoms with van der Waals surface area (Å²) in [6.45, 7) is 5.40. The predicted octanol–water partition coefficient (Wildman–Crippen LogP) is 1.32. The van der Waals surface area contributed by atoms with E-state index in [1.54, 1.807) is 7.11 Å². The van der Waals surface area contributed by atoms with Crippen LogP contribution in [0.3, 0.4) is 0 Å². The molecule has 0 unspecified atom stereocenters. The van der Waals surface area contributed by atoms with Gasteiger partial charge in [-0.05, 0) is 0 Å². The quantitative estimate of drug-likeness (QED) is 0.749. The molecule has 0 aliphatic carbocycles. The van der Waals surface area contributed by atoms with E-state index in [0.29, 0.717) is 12.6 Å². The van der Waals surface area contributed by atoms with Crippen molar-refractivity contribution in [1.29, 1.82) is 0 Å². The number of aromatic nitrogens is 1. The molecule has 1 heterocycles. The Bertz CT molecular complexity index is 246. The number of rotatable bonds is 5. The molecule has 0 atom stereocenters. The van der Waals surface area contributed by atoms with Gasteiger partial charge in [0.1, 0.15) is 6.61 Å². The second-order valence-corrected chi connectivity index (χ2v) is 3.19. The lowest BCUT2D eigenvalue weighted by atomic mass is 10.3. The van der Waals surface area contributed by atoms with Crippen LogP contribution in [-0.4, -0.2) is 18.1 Å². The normalized spacial score (nSPS) is 11.1. The smallest absolute Gasteiger partial charge is 0.181 e. The van der Waals surface area contributed by atoms with Gasteiger partial charge in [0.2, 0.25) is 0 Å². The summed E-state index contributed by atoms with van der Waals surface area (Å²) >= 11 is 0. The molecular formula is C9H16N2O2. The molecule has 0 amide bonds. The van der Waals surface area contributed by atoms with Crippen molar-refractivity contribution in [3.63, 3.8) is 0 Å². The molecule has 0 spiro atoms. The number of hydrogen-bond donors (Lipinski definition) is 1. The maximum atomic E-state index is 5.16. The van der Waals surface area contributed by atoms with Gasteiger partial charge in [-0.3, -0.25) is 0 Å². The summed E-state index contributed by atoms with van der Waals surface area (Å²) in [7, 11) is 1.64. The van der Waals surface area contributed by atoms with Crippen LogP contribution >= 0.6 is 0 Å². The minimum atomic E-state index is 0.451. The van der Waals surface area contributed by atoms with E-state index in [2.05, 4.69) is 24.1 Å². The first kappa shape index (κ1) is 10.2. The van der Waals surface area contributed by atoms with Crippen molar-refractivity contribution in [1.82, 2.24) is 10.3 Å². The zero-order valence-corrected chi connectivity index (χ0v) is 8.33. The van der Waals surface area contributed by atoms with Crippen molar-refractivity contribution < 1.29 is 9.15 Å². The van der Waals surface area contributed by atoms with E-state index in [9.17, 15) is 0 Å². The largest absolute Gasteiger partial charge is 0.446 e. The number of nitrogens with zero attached hydrogens (tertiary/aromatic N) is 1. The third-order valence-electron chi connectivity index (χ3n) is 1.68. The average Bonchev–Trinajstić information content (AvgIpc) is 2.49. The third-order valence-corrected chi connectivity index (χ3v) is 1.68. The summed E-state index contributed by atoms with van der Waals surface area (Å²) in [6, 6.07) is 0.451. The second kappa shape index (κ2) is 4.99.